The van der Waals surface area contributed by atoms with Crippen molar-refractivity contribution < 1.29 is 42.5 Å². The standard InChI is InChI=1S/C33H42N4O9S/c1-43-29-11-7-27(8-12-29)28-9-13-30(14-10-28)47(41,42)37(46-24-23-44-22-21-36-19-17-34-18-20-36)31(32(38)39)15-16-35-33(40)45-25-26-5-3-2-4-6-26/h2-14,31,34H,15-25H2,1H3,(H,35,40)(H,38,39)/p-1/t31-/m1/s1. The Labute approximate surface area is 275 Å². The number of hydrogen-bond donors (Lipinski definition) is 2. The fourth-order valence-corrected chi connectivity index (χ4v) is 6.24. The lowest BCUT2D eigenvalue weighted by Gasteiger charge is -2.28. The van der Waals surface area contributed by atoms with Crippen LogP contribution in [0.4, 0.5) is 0 Å². The van der Waals surface area contributed by atoms with Gasteiger partial charge in [0.1, 0.15) is 11.8 Å². The van der Waals surface area contributed by atoms with E-state index in [4.69, 9.17) is 19.0 Å². The van der Waals surface area contributed by atoms with Crippen molar-refractivity contribution in [3.63, 3.8) is 0 Å². The molecule has 1 aliphatic rings. The number of carboxylic acid groups (broad SMARTS) is 1. The Morgan fingerprint density at radius 1 is 0.979 bits per heavy atom. The van der Waals surface area contributed by atoms with Gasteiger partial charge in [-0.05, 0) is 47.4 Å². The number of aliphatic carboxylic acids is 1. The first-order chi connectivity index (χ1) is 22.8. The highest BCUT2D eigenvalue weighted by molar-refractivity contribution is 7.89. The summed E-state index contributed by atoms with van der Waals surface area (Å²) in [7, 11) is -2.91. The molecular weight excluding hydrogens is 628 g/mol. The second kappa shape index (κ2) is 18.3. The van der Waals surface area contributed by atoms with Crippen molar-refractivity contribution in [1.82, 2.24) is 14.7 Å². The van der Waals surface area contributed by atoms with Crippen molar-refractivity contribution in [2.24, 2.45) is 4.99 Å². The molecule has 3 aromatic carbocycles. The number of rotatable bonds is 18. The summed E-state index contributed by atoms with van der Waals surface area (Å²) in [4.78, 5) is 23.9. The predicted molar refractivity (Wildman–Crippen MR) is 173 cm³/mol. The number of carbonyl (C=O) groups is 1. The highest BCUT2D eigenvalue weighted by Gasteiger charge is 2.37. The van der Waals surface area contributed by atoms with Crippen LogP contribution in [0.15, 0.2) is 88.8 Å². The minimum absolute atomic E-state index is 0.00365. The molecule has 2 N–H and O–H groups in total. The van der Waals surface area contributed by atoms with Crippen molar-refractivity contribution in [1.29, 1.82) is 0 Å². The van der Waals surface area contributed by atoms with Gasteiger partial charge in [0.15, 0.2) is 6.04 Å². The largest absolute Gasteiger partial charge is 0.596 e. The van der Waals surface area contributed by atoms with Crippen LogP contribution in [-0.2, 0) is 35.7 Å². The summed E-state index contributed by atoms with van der Waals surface area (Å²) < 4.78 is 44.1. The highest BCUT2D eigenvalue weighted by Crippen LogP contribution is 2.26. The van der Waals surface area contributed by atoms with Crippen LogP contribution in [0.5, 0.6) is 5.75 Å². The molecule has 1 atom stereocenters. The Hall–Kier alpha value is -4.05. The SMILES string of the molecule is COc1ccc(-c2ccc(S(=O)(=O)N(OCCOCCN3CCNCC3)[C@H](CCN=C([O-])OCc3ccccc3)C(=O)O)cc2)cc1. The lowest BCUT2D eigenvalue weighted by molar-refractivity contribution is -0.252. The first-order valence-electron chi connectivity index (χ1n) is 15.3. The number of carboxylic acids is 1. The van der Waals surface area contributed by atoms with Crippen LogP contribution < -0.4 is 15.2 Å². The number of benzene rings is 3. The zero-order valence-corrected chi connectivity index (χ0v) is 27.1. The molecule has 47 heavy (non-hydrogen) atoms. The minimum Gasteiger partial charge on any atom is -0.596 e. The number of sulfonamides is 1. The number of methoxy groups -OCH3 is 1. The lowest BCUT2D eigenvalue weighted by Crippen LogP contribution is -2.46. The van der Waals surface area contributed by atoms with E-state index in [0.717, 1.165) is 42.9 Å². The molecule has 0 unspecified atom stereocenters. The minimum atomic E-state index is -4.48. The monoisotopic (exact) mass is 669 g/mol. The maximum Gasteiger partial charge on any atom is 0.324 e. The van der Waals surface area contributed by atoms with Gasteiger partial charge >= 0.3 is 5.97 Å². The molecule has 3 aromatic rings. The molecule has 0 amide bonds. The predicted octanol–water partition coefficient (Wildman–Crippen LogP) is 1.98. The lowest BCUT2D eigenvalue weighted by atomic mass is 10.1. The molecule has 0 aromatic heterocycles. The highest BCUT2D eigenvalue weighted by atomic mass is 32.2. The van der Waals surface area contributed by atoms with E-state index in [1.165, 1.54) is 12.1 Å². The number of hydroxylamine groups is 1. The molecule has 4 rings (SSSR count). The number of piperazine rings is 1. The third kappa shape index (κ3) is 11.0. The van der Waals surface area contributed by atoms with Crippen LogP contribution in [0.25, 0.3) is 11.1 Å². The Morgan fingerprint density at radius 3 is 2.28 bits per heavy atom. The van der Waals surface area contributed by atoms with Crippen molar-refractivity contribution in [3.05, 3.63) is 84.4 Å². The van der Waals surface area contributed by atoms with E-state index in [1.807, 2.05) is 18.2 Å². The quantitative estimate of drug-likeness (QED) is 0.0882. The van der Waals surface area contributed by atoms with Crippen LogP contribution in [0.3, 0.4) is 0 Å². The van der Waals surface area contributed by atoms with Crippen LogP contribution in [0.2, 0.25) is 0 Å². The average Bonchev–Trinajstić information content (AvgIpc) is 3.10. The molecule has 1 fully saturated rings. The summed E-state index contributed by atoms with van der Waals surface area (Å²) in [6.07, 6.45) is -1.23. The van der Waals surface area contributed by atoms with Crippen LogP contribution in [0.1, 0.15) is 12.0 Å². The molecule has 0 aliphatic carbocycles. The van der Waals surface area contributed by atoms with Crippen molar-refractivity contribution in [3.8, 4) is 16.9 Å². The Balaban J connectivity index is 1.44. The zero-order valence-electron chi connectivity index (χ0n) is 26.3. The fourth-order valence-electron chi connectivity index (χ4n) is 4.81. The summed E-state index contributed by atoms with van der Waals surface area (Å²) >= 11 is 0. The summed E-state index contributed by atoms with van der Waals surface area (Å²) in [6.45, 7) is 4.27. The van der Waals surface area contributed by atoms with Crippen molar-refractivity contribution in [2.45, 2.75) is 24.0 Å². The molecule has 1 saturated heterocycles. The number of hydrogen-bond acceptors (Lipinski definition) is 11. The van der Waals surface area contributed by atoms with E-state index in [-0.39, 0.29) is 37.7 Å². The summed E-state index contributed by atoms with van der Waals surface area (Å²) in [5.74, 6) is -0.777. The van der Waals surface area contributed by atoms with Crippen LogP contribution >= 0.6 is 0 Å². The van der Waals surface area contributed by atoms with Gasteiger partial charge in [-0.2, -0.15) is 0 Å². The van der Waals surface area contributed by atoms with E-state index in [9.17, 15) is 23.4 Å². The van der Waals surface area contributed by atoms with Gasteiger partial charge in [0.05, 0.1) is 31.8 Å². The van der Waals surface area contributed by atoms with E-state index in [2.05, 4.69) is 15.2 Å². The van der Waals surface area contributed by atoms with E-state index in [1.54, 1.807) is 55.6 Å². The molecule has 13 nitrogen and oxygen atoms in total. The molecule has 0 spiro atoms. The molecule has 254 valence electrons. The maximum absolute atomic E-state index is 13.8. The van der Waals surface area contributed by atoms with Crippen LogP contribution in [0, 0.1) is 0 Å². The smallest absolute Gasteiger partial charge is 0.324 e. The molecule has 0 radical (unpaired) electrons. The molecule has 0 bridgehead atoms. The third-order valence-electron chi connectivity index (χ3n) is 7.41. The summed E-state index contributed by atoms with van der Waals surface area (Å²) in [5, 5.41) is 25.6. The number of nitrogens with one attached hydrogen (secondary N) is 1. The van der Waals surface area contributed by atoms with Gasteiger partial charge in [-0.1, -0.05) is 59.1 Å². The molecule has 1 aliphatic heterocycles. The first kappa shape index (κ1) is 35.8. The number of ether oxygens (including phenoxy) is 3. The Bertz CT molecular complexity index is 1520. The zero-order chi connectivity index (χ0) is 33.5. The molecule has 1 heterocycles. The van der Waals surface area contributed by atoms with E-state index < -0.39 is 28.1 Å². The Morgan fingerprint density at radius 2 is 1.64 bits per heavy atom. The maximum atomic E-state index is 13.8. The topological polar surface area (TPSA) is 162 Å². The second-order valence-electron chi connectivity index (χ2n) is 10.6. The average molecular weight is 670 g/mol. The van der Waals surface area contributed by atoms with Gasteiger partial charge in [-0.15, -0.1) is 0 Å². The van der Waals surface area contributed by atoms with Gasteiger partial charge in [0, 0.05) is 45.9 Å². The van der Waals surface area contributed by atoms with Gasteiger partial charge < -0.3 is 29.7 Å². The van der Waals surface area contributed by atoms with Gasteiger partial charge in [-0.25, -0.2) is 8.42 Å². The van der Waals surface area contributed by atoms with Gasteiger partial charge in [0.2, 0.25) is 0 Å². The van der Waals surface area contributed by atoms with Crippen molar-refractivity contribution >= 4 is 22.1 Å². The van der Waals surface area contributed by atoms with Gasteiger partial charge in [-0.3, -0.25) is 19.5 Å². The number of nitrogens with zero attached hydrogens (tertiary/aromatic N) is 3. The molecule has 14 heteroatoms. The second-order valence-corrected chi connectivity index (χ2v) is 12.4. The van der Waals surface area contributed by atoms with E-state index >= 15 is 0 Å². The van der Waals surface area contributed by atoms with Crippen LogP contribution in [-0.4, -0.2) is 107 Å². The van der Waals surface area contributed by atoms with E-state index in [0.29, 0.717) is 23.4 Å². The molecular formula is C33H41N4O9S-. The normalized spacial score (nSPS) is 15.0. The van der Waals surface area contributed by atoms with Crippen molar-refractivity contribution in [2.75, 3.05) is 66.2 Å². The summed E-state index contributed by atoms with van der Waals surface area (Å²) in [5.41, 5.74) is 2.35. The first-order valence-corrected chi connectivity index (χ1v) is 16.8. The summed E-state index contributed by atoms with van der Waals surface area (Å²) in [6, 6.07) is 20.6. The molecule has 0 saturated carbocycles. The number of aliphatic imine (C=N–C) groups is 1. The van der Waals surface area contributed by atoms with Gasteiger partial charge in [0.25, 0.3) is 10.0 Å². The fraction of sp³-hybridized carbons (Fsp3) is 0.394. The Kier molecular flexibility index (Phi) is 14.0. The third-order valence-corrected chi connectivity index (χ3v) is 9.11.